The van der Waals surface area contributed by atoms with Crippen molar-refractivity contribution in [1.82, 2.24) is 10.2 Å². The number of halogens is 2. The number of rotatable bonds is 2. The summed E-state index contributed by atoms with van der Waals surface area (Å²) in [5.74, 6) is -0.835. The predicted octanol–water partition coefficient (Wildman–Crippen LogP) is 3.18. The summed E-state index contributed by atoms with van der Waals surface area (Å²) in [7, 11) is 0. The molecule has 0 saturated heterocycles. The molecule has 18 heavy (non-hydrogen) atoms. The lowest BCUT2D eigenvalue weighted by atomic mass is 10.2. The predicted molar refractivity (Wildman–Crippen MR) is 70.1 cm³/mol. The SMILES string of the molecule is Cc1n[nH]c(C)c1NC(=O)c1cc(F)ccc1Br. The van der Waals surface area contributed by atoms with E-state index < -0.39 is 5.82 Å². The van der Waals surface area contributed by atoms with E-state index in [2.05, 4.69) is 31.4 Å². The first kappa shape index (κ1) is 12.8. The van der Waals surface area contributed by atoms with Gasteiger partial charge in [0.25, 0.3) is 5.91 Å². The van der Waals surface area contributed by atoms with Crippen LogP contribution in [0.25, 0.3) is 0 Å². The van der Waals surface area contributed by atoms with Gasteiger partial charge in [-0.25, -0.2) is 4.39 Å². The molecule has 0 radical (unpaired) electrons. The quantitative estimate of drug-likeness (QED) is 0.895. The zero-order chi connectivity index (χ0) is 13.3. The summed E-state index contributed by atoms with van der Waals surface area (Å²) >= 11 is 3.22. The van der Waals surface area contributed by atoms with E-state index in [1.165, 1.54) is 18.2 Å². The highest BCUT2D eigenvalue weighted by Gasteiger charge is 2.15. The molecule has 1 heterocycles. The van der Waals surface area contributed by atoms with E-state index in [-0.39, 0.29) is 11.5 Å². The van der Waals surface area contributed by atoms with Crippen LogP contribution in [0.3, 0.4) is 0 Å². The lowest BCUT2D eigenvalue weighted by molar-refractivity contribution is 0.102. The molecule has 94 valence electrons. The maximum absolute atomic E-state index is 13.1. The third kappa shape index (κ3) is 2.43. The maximum Gasteiger partial charge on any atom is 0.257 e. The monoisotopic (exact) mass is 311 g/mol. The fourth-order valence-electron chi connectivity index (χ4n) is 1.59. The van der Waals surface area contributed by atoms with E-state index in [4.69, 9.17) is 0 Å². The standard InChI is InChI=1S/C12H11BrFN3O/c1-6-11(7(2)17-16-6)15-12(18)9-5-8(14)3-4-10(9)13/h3-5H,1-2H3,(H,15,18)(H,16,17). The minimum atomic E-state index is -0.455. The Bertz CT molecular complexity index is 590. The van der Waals surface area contributed by atoms with Crippen LogP contribution in [-0.4, -0.2) is 16.1 Å². The summed E-state index contributed by atoms with van der Waals surface area (Å²) < 4.78 is 13.7. The van der Waals surface area contributed by atoms with Crippen molar-refractivity contribution in [3.05, 3.63) is 45.4 Å². The van der Waals surface area contributed by atoms with Crippen LogP contribution in [0.1, 0.15) is 21.7 Å². The Morgan fingerprint density at radius 2 is 2.17 bits per heavy atom. The normalized spacial score (nSPS) is 10.4. The number of carbonyl (C=O) groups is 1. The first-order valence-corrected chi connectivity index (χ1v) is 6.06. The molecule has 1 amide bonds. The molecule has 1 aromatic carbocycles. The van der Waals surface area contributed by atoms with Crippen LogP contribution in [-0.2, 0) is 0 Å². The number of nitrogens with zero attached hydrogens (tertiary/aromatic N) is 1. The van der Waals surface area contributed by atoms with Crippen LogP contribution in [0.4, 0.5) is 10.1 Å². The zero-order valence-electron chi connectivity index (χ0n) is 9.84. The van der Waals surface area contributed by atoms with Crippen LogP contribution in [0.5, 0.6) is 0 Å². The Morgan fingerprint density at radius 1 is 1.44 bits per heavy atom. The van der Waals surface area contributed by atoms with E-state index in [1.54, 1.807) is 13.8 Å². The molecule has 0 atom stereocenters. The third-order valence-corrected chi connectivity index (χ3v) is 3.23. The Morgan fingerprint density at radius 3 is 2.78 bits per heavy atom. The van der Waals surface area contributed by atoms with Gasteiger partial charge in [0.15, 0.2) is 0 Å². The van der Waals surface area contributed by atoms with Crippen molar-refractivity contribution in [2.75, 3.05) is 5.32 Å². The number of H-pyrrole nitrogens is 1. The molecule has 0 fully saturated rings. The average Bonchev–Trinajstić information content (AvgIpc) is 2.64. The minimum absolute atomic E-state index is 0.245. The van der Waals surface area contributed by atoms with Crippen molar-refractivity contribution in [3.63, 3.8) is 0 Å². The van der Waals surface area contributed by atoms with Gasteiger partial charge in [-0.05, 0) is 48.0 Å². The summed E-state index contributed by atoms with van der Waals surface area (Å²) in [4.78, 5) is 12.0. The van der Waals surface area contributed by atoms with Crippen LogP contribution in [0, 0.1) is 19.7 Å². The van der Waals surface area contributed by atoms with Gasteiger partial charge in [-0.1, -0.05) is 0 Å². The van der Waals surface area contributed by atoms with Crippen molar-refractivity contribution in [3.8, 4) is 0 Å². The molecule has 0 aliphatic carbocycles. The highest BCUT2D eigenvalue weighted by atomic mass is 79.9. The number of anilines is 1. The van der Waals surface area contributed by atoms with Gasteiger partial charge in [-0.2, -0.15) is 5.10 Å². The first-order valence-electron chi connectivity index (χ1n) is 5.27. The van der Waals surface area contributed by atoms with Gasteiger partial charge in [0.2, 0.25) is 0 Å². The van der Waals surface area contributed by atoms with Gasteiger partial charge >= 0.3 is 0 Å². The van der Waals surface area contributed by atoms with Crippen LogP contribution in [0.2, 0.25) is 0 Å². The Hall–Kier alpha value is -1.69. The molecular weight excluding hydrogens is 301 g/mol. The smallest absolute Gasteiger partial charge is 0.257 e. The molecular formula is C12H11BrFN3O. The number of aromatic nitrogens is 2. The number of carbonyl (C=O) groups excluding carboxylic acids is 1. The van der Waals surface area contributed by atoms with E-state index in [9.17, 15) is 9.18 Å². The van der Waals surface area contributed by atoms with Gasteiger partial charge < -0.3 is 5.32 Å². The zero-order valence-corrected chi connectivity index (χ0v) is 11.4. The lowest BCUT2D eigenvalue weighted by Crippen LogP contribution is -2.14. The van der Waals surface area contributed by atoms with Gasteiger partial charge in [-0.15, -0.1) is 0 Å². The summed E-state index contributed by atoms with van der Waals surface area (Å²) in [6.07, 6.45) is 0. The fourth-order valence-corrected chi connectivity index (χ4v) is 2.01. The van der Waals surface area contributed by atoms with E-state index >= 15 is 0 Å². The maximum atomic E-state index is 13.1. The van der Waals surface area contributed by atoms with Crippen molar-refractivity contribution < 1.29 is 9.18 Å². The second kappa shape index (κ2) is 4.89. The molecule has 0 aliphatic rings. The Balaban J connectivity index is 2.30. The molecule has 0 aliphatic heterocycles. The van der Waals surface area contributed by atoms with Crippen molar-refractivity contribution >= 4 is 27.5 Å². The summed E-state index contributed by atoms with van der Waals surface area (Å²) in [5, 5.41) is 9.46. The molecule has 2 rings (SSSR count). The van der Waals surface area contributed by atoms with E-state index in [1.807, 2.05) is 0 Å². The summed E-state index contributed by atoms with van der Waals surface area (Å²) in [6, 6.07) is 3.97. The third-order valence-electron chi connectivity index (χ3n) is 2.54. The Kier molecular flexibility index (Phi) is 3.47. The van der Waals surface area contributed by atoms with Crippen LogP contribution in [0.15, 0.2) is 22.7 Å². The van der Waals surface area contributed by atoms with Gasteiger partial charge in [0, 0.05) is 4.47 Å². The summed E-state index contributed by atoms with van der Waals surface area (Å²) in [6.45, 7) is 3.58. The number of hydrogen-bond donors (Lipinski definition) is 2. The highest BCUT2D eigenvalue weighted by molar-refractivity contribution is 9.10. The average molecular weight is 312 g/mol. The Labute approximate surface area is 112 Å². The second-order valence-corrected chi connectivity index (χ2v) is 4.74. The van der Waals surface area contributed by atoms with Crippen molar-refractivity contribution in [2.24, 2.45) is 0 Å². The number of benzene rings is 1. The molecule has 4 nitrogen and oxygen atoms in total. The number of nitrogens with one attached hydrogen (secondary N) is 2. The van der Waals surface area contributed by atoms with Crippen LogP contribution >= 0.6 is 15.9 Å². The topological polar surface area (TPSA) is 57.8 Å². The molecule has 0 spiro atoms. The molecule has 1 aromatic heterocycles. The molecule has 6 heteroatoms. The number of amides is 1. The largest absolute Gasteiger partial charge is 0.319 e. The first-order chi connectivity index (χ1) is 8.49. The highest BCUT2D eigenvalue weighted by Crippen LogP contribution is 2.21. The van der Waals surface area contributed by atoms with Crippen LogP contribution < -0.4 is 5.32 Å². The lowest BCUT2D eigenvalue weighted by Gasteiger charge is -2.07. The second-order valence-electron chi connectivity index (χ2n) is 3.89. The van der Waals surface area contributed by atoms with Crippen molar-refractivity contribution in [2.45, 2.75) is 13.8 Å². The molecule has 0 bridgehead atoms. The van der Waals surface area contributed by atoms with Gasteiger partial charge in [0.1, 0.15) is 5.82 Å². The molecule has 2 aromatic rings. The van der Waals surface area contributed by atoms with E-state index in [0.717, 1.165) is 5.69 Å². The molecule has 2 N–H and O–H groups in total. The van der Waals surface area contributed by atoms with Crippen molar-refractivity contribution in [1.29, 1.82) is 0 Å². The molecule has 0 saturated carbocycles. The number of aryl methyl sites for hydroxylation is 2. The molecule has 0 unspecified atom stereocenters. The number of aromatic amines is 1. The van der Waals surface area contributed by atoms with Gasteiger partial charge in [0.05, 0.1) is 22.6 Å². The van der Waals surface area contributed by atoms with Gasteiger partial charge in [-0.3, -0.25) is 9.89 Å². The minimum Gasteiger partial charge on any atom is -0.319 e. The van der Waals surface area contributed by atoms with E-state index in [0.29, 0.717) is 15.9 Å². The summed E-state index contributed by atoms with van der Waals surface area (Å²) in [5.41, 5.74) is 2.31. The fraction of sp³-hybridized carbons (Fsp3) is 0.167. The number of hydrogen-bond acceptors (Lipinski definition) is 2.